The molecule has 0 heterocycles. The highest BCUT2D eigenvalue weighted by Gasteiger charge is 2.14. The average Bonchev–Trinajstić information content (AvgIpc) is 3.02. The minimum atomic E-state index is -0.709. The van der Waals surface area contributed by atoms with E-state index in [1.807, 2.05) is 0 Å². The maximum absolute atomic E-state index is 12.6. The van der Waals surface area contributed by atoms with E-state index in [1.165, 1.54) is 57.8 Å². The molecule has 45 heavy (non-hydrogen) atoms. The molecule has 0 saturated heterocycles. The molecule has 0 saturated carbocycles. The maximum Gasteiger partial charge on any atom is 0.306 e. The molecule has 0 aliphatic rings. The van der Waals surface area contributed by atoms with Crippen LogP contribution in [0.2, 0.25) is 0 Å². The molecule has 0 radical (unpaired) electrons. The monoisotopic (exact) mass is 627 g/mol. The van der Waals surface area contributed by atoms with Crippen LogP contribution in [-0.2, 0) is 14.3 Å². The summed E-state index contributed by atoms with van der Waals surface area (Å²) >= 11 is 0. The molecule has 0 aliphatic carbocycles. The second-order valence-corrected chi connectivity index (χ2v) is 12.4. The Morgan fingerprint density at radius 3 is 1.40 bits per heavy atom. The minimum Gasteiger partial charge on any atom is -0.481 e. The van der Waals surface area contributed by atoms with Crippen molar-refractivity contribution in [3.8, 4) is 0 Å². The van der Waals surface area contributed by atoms with E-state index in [-0.39, 0.29) is 18.5 Å². The molecule has 0 aromatic heterocycles. The van der Waals surface area contributed by atoms with Crippen LogP contribution in [0.4, 0.5) is 0 Å². The molecule has 0 aromatic carbocycles. The van der Waals surface area contributed by atoms with Gasteiger partial charge in [0.2, 0.25) is 0 Å². The Labute approximate surface area is 278 Å². The molecule has 0 amide bonds. The molecule has 0 rings (SSSR count). The minimum absolute atomic E-state index is 0.0271. The maximum atomic E-state index is 12.6. The van der Waals surface area contributed by atoms with E-state index in [0.717, 1.165) is 96.3 Å². The molecule has 258 valence electrons. The summed E-state index contributed by atoms with van der Waals surface area (Å²) < 4.78 is 5.96. The van der Waals surface area contributed by atoms with Gasteiger partial charge in [0.25, 0.3) is 0 Å². The van der Waals surface area contributed by atoms with E-state index < -0.39 is 5.97 Å². The number of hydrogen-bond acceptors (Lipinski definition) is 3. The summed E-state index contributed by atoms with van der Waals surface area (Å²) in [6.07, 6.45) is 49.5. The van der Waals surface area contributed by atoms with Gasteiger partial charge in [-0.1, -0.05) is 152 Å². The fourth-order valence-corrected chi connectivity index (χ4v) is 5.28. The van der Waals surface area contributed by atoms with Gasteiger partial charge in [-0.2, -0.15) is 0 Å². The number of carboxylic acids is 1. The van der Waals surface area contributed by atoms with Crippen molar-refractivity contribution >= 4 is 11.9 Å². The van der Waals surface area contributed by atoms with Crippen LogP contribution in [0.1, 0.15) is 181 Å². The van der Waals surface area contributed by atoms with Gasteiger partial charge in [0.15, 0.2) is 0 Å². The van der Waals surface area contributed by atoms with Gasteiger partial charge in [-0.15, -0.1) is 0 Å². The molecular formula is C41H70O4. The molecular weight excluding hydrogens is 556 g/mol. The van der Waals surface area contributed by atoms with Gasteiger partial charge in [0.05, 0.1) is 0 Å². The molecule has 1 unspecified atom stereocenters. The number of carbonyl (C=O) groups excluding carboxylic acids is 1. The van der Waals surface area contributed by atoms with Crippen molar-refractivity contribution in [2.24, 2.45) is 0 Å². The first kappa shape index (κ1) is 42.6. The highest BCUT2D eigenvalue weighted by Crippen LogP contribution is 2.18. The molecule has 0 aliphatic heterocycles. The highest BCUT2D eigenvalue weighted by atomic mass is 16.5. The summed E-state index contributed by atoms with van der Waals surface area (Å²) in [4.78, 5) is 23.3. The predicted molar refractivity (Wildman–Crippen MR) is 195 cm³/mol. The van der Waals surface area contributed by atoms with Crippen LogP contribution in [0.5, 0.6) is 0 Å². The van der Waals surface area contributed by atoms with Crippen molar-refractivity contribution < 1.29 is 19.4 Å². The van der Waals surface area contributed by atoms with Crippen LogP contribution in [0.25, 0.3) is 0 Å². The van der Waals surface area contributed by atoms with Crippen LogP contribution in [0.15, 0.2) is 60.8 Å². The Morgan fingerprint density at radius 2 is 0.933 bits per heavy atom. The normalized spacial score (nSPS) is 12.9. The van der Waals surface area contributed by atoms with Crippen molar-refractivity contribution in [3.05, 3.63) is 60.8 Å². The third-order valence-corrected chi connectivity index (χ3v) is 8.00. The van der Waals surface area contributed by atoms with Crippen LogP contribution in [-0.4, -0.2) is 23.1 Å². The molecule has 0 spiro atoms. The van der Waals surface area contributed by atoms with E-state index in [4.69, 9.17) is 9.84 Å². The third kappa shape index (κ3) is 36.0. The Kier molecular flexibility index (Phi) is 34.2. The van der Waals surface area contributed by atoms with E-state index in [1.54, 1.807) is 0 Å². The lowest BCUT2D eigenvalue weighted by Crippen LogP contribution is -2.18. The summed E-state index contributed by atoms with van der Waals surface area (Å²) in [7, 11) is 0. The Morgan fingerprint density at radius 1 is 0.511 bits per heavy atom. The molecule has 4 nitrogen and oxygen atoms in total. The fourth-order valence-electron chi connectivity index (χ4n) is 5.28. The second kappa shape index (κ2) is 36.1. The number of hydrogen-bond donors (Lipinski definition) is 1. The quantitative estimate of drug-likeness (QED) is 0.0447. The fraction of sp³-hybridized carbons (Fsp3) is 0.707. The number of aliphatic carboxylic acids is 1. The number of rotatable bonds is 33. The lowest BCUT2D eigenvalue weighted by Gasteiger charge is -2.18. The van der Waals surface area contributed by atoms with E-state index in [2.05, 4.69) is 74.6 Å². The zero-order valence-electron chi connectivity index (χ0n) is 29.4. The molecule has 1 atom stereocenters. The highest BCUT2D eigenvalue weighted by molar-refractivity contribution is 5.69. The second-order valence-electron chi connectivity index (χ2n) is 12.4. The lowest BCUT2D eigenvalue weighted by atomic mass is 10.0. The van der Waals surface area contributed by atoms with Gasteiger partial charge in [-0.05, 0) is 77.0 Å². The van der Waals surface area contributed by atoms with E-state index in [9.17, 15) is 9.59 Å². The zero-order chi connectivity index (χ0) is 32.9. The number of allylic oxidation sites excluding steroid dienone is 10. The molecule has 0 bridgehead atoms. The van der Waals surface area contributed by atoms with Crippen LogP contribution < -0.4 is 0 Å². The largest absolute Gasteiger partial charge is 0.481 e. The van der Waals surface area contributed by atoms with E-state index in [0.29, 0.717) is 6.42 Å². The van der Waals surface area contributed by atoms with Gasteiger partial charge in [0.1, 0.15) is 6.10 Å². The lowest BCUT2D eigenvalue weighted by molar-refractivity contribution is -0.150. The smallest absolute Gasteiger partial charge is 0.306 e. The van der Waals surface area contributed by atoms with E-state index >= 15 is 0 Å². The zero-order valence-corrected chi connectivity index (χ0v) is 29.4. The first-order chi connectivity index (χ1) is 22.1. The number of ether oxygens (including phenoxy) is 1. The summed E-state index contributed by atoms with van der Waals surface area (Å²) in [5, 5.41) is 8.80. The summed E-state index contributed by atoms with van der Waals surface area (Å²) in [5.74, 6) is -0.763. The first-order valence-corrected chi connectivity index (χ1v) is 18.8. The van der Waals surface area contributed by atoms with Crippen LogP contribution >= 0.6 is 0 Å². The van der Waals surface area contributed by atoms with Gasteiger partial charge >= 0.3 is 11.9 Å². The SMILES string of the molecule is CC/C=C\C/C=C\C/C=C\C/C=C\C/C=C\CCCC(=O)OC(CCCCCCCCCCCC)CCCCCCCC(=O)O. The summed E-state index contributed by atoms with van der Waals surface area (Å²) in [6.45, 7) is 4.42. The van der Waals surface area contributed by atoms with Gasteiger partial charge in [-0.25, -0.2) is 0 Å². The molecule has 0 fully saturated rings. The number of carbonyl (C=O) groups is 2. The summed E-state index contributed by atoms with van der Waals surface area (Å²) in [5.41, 5.74) is 0. The van der Waals surface area contributed by atoms with Crippen LogP contribution in [0.3, 0.4) is 0 Å². The van der Waals surface area contributed by atoms with Crippen LogP contribution in [0, 0.1) is 0 Å². The molecule has 1 N–H and O–H groups in total. The van der Waals surface area contributed by atoms with Crippen molar-refractivity contribution in [1.82, 2.24) is 0 Å². The standard InChI is InChI=1S/C41H70O4/c1-3-5-7-9-11-13-15-16-17-18-19-20-21-23-25-30-34-38-41(44)45-39(36-32-28-26-29-33-37-40(42)43)35-31-27-24-22-14-12-10-8-6-4-2/h5,7,11,13,16-17,19-20,23,25,39H,3-4,6,8-10,12,14-15,18,21-22,24,26-38H2,1-2H3,(H,42,43)/b7-5-,13-11-,17-16-,20-19-,25-23-. The Balaban J connectivity index is 4.16. The molecule has 0 aromatic rings. The predicted octanol–water partition coefficient (Wildman–Crippen LogP) is 12.9. The number of unbranched alkanes of at least 4 members (excludes halogenated alkanes) is 14. The van der Waals surface area contributed by atoms with Gasteiger partial charge < -0.3 is 9.84 Å². The van der Waals surface area contributed by atoms with Gasteiger partial charge in [-0.3, -0.25) is 9.59 Å². The number of carboxylic acid groups (broad SMARTS) is 1. The Hall–Kier alpha value is -2.36. The van der Waals surface area contributed by atoms with Crippen molar-refractivity contribution in [2.45, 2.75) is 187 Å². The van der Waals surface area contributed by atoms with Crippen molar-refractivity contribution in [3.63, 3.8) is 0 Å². The topological polar surface area (TPSA) is 63.6 Å². The number of esters is 1. The summed E-state index contributed by atoms with van der Waals surface area (Å²) in [6, 6.07) is 0. The van der Waals surface area contributed by atoms with Crippen molar-refractivity contribution in [1.29, 1.82) is 0 Å². The Bertz CT molecular complexity index is 804. The van der Waals surface area contributed by atoms with Crippen molar-refractivity contribution in [2.75, 3.05) is 0 Å². The van der Waals surface area contributed by atoms with Gasteiger partial charge in [0, 0.05) is 12.8 Å². The first-order valence-electron chi connectivity index (χ1n) is 18.8. The third-order valence-electron chi connectivity index (χ3n) is 8.00. The molecule has 4 heteroatoms. The average molecular weight is 627 g/mol.